The van der Waals surface area contributed by atoms with Crippen molar-refractivity contribution in [3.63, 3.8) is 0 Å². The van der Waals surface area contributed by atoms with E-state index in [9.17, 15) is 4.79 Å². The Kier molecular flexibility index (Phi) is 1.51. The minimum Gasteiger partial charge on any atom is -0.472 e. The number of hydrogen-bond acceptors (Lipinski definition) is 3. The van der Waals surface area contributed by atoms with Crippen LogP contribution in [0.1, 0.15) is 0 Å². The Labute approximate surface area is 67.9 Å². The van der Waals surface area contributed by atoms with Gasteiger partial charge in [-0.25, -0.2) is 5.10 Å². The third-order valence-corrected chi connectivity index (χ3v) is 1.52. The van der Waals surface area contributed by atoms with E-state index in [0.29, 0.717) is 0 Å². The highest BCUT2D eigenvalue weighted by Gasteiger charge is 1.98. The maximum atomic E-state index is 10.8. The first kappa shape index (κ1) is 6.84. The molecule has 2 rings (SSSR count). The Morgan fingerprint density at radius 3 is 3.00 bits per heavy atom. The number of hydrogen-bond donors (Lipinski definition) is 1. The molecule has 2 heterocycles. The molecule has 0 bridgehead atoms. The molecule has 0 unspecified atom stereocenters. The predicted octanol–water partition coefficient (Wildman–Crippen LogP) is 1.03. The summed E-state index contributed by atoms with van der Waals surface area (Å²) in [5, 5.41) is 5.96. The van der Waals surface area contributed by atoms with Crippen molar-refractivity contribution in [2.24, 2.45) is 0 Å². The van der Waals surface area contributed by atoms with Gasteiger partial charge in [0.05, 0.1) is 18.7 Å². The van der Waals surface area contributed by atoms with Crippen LogP contribution < -0.4 is 5.56 Å². The summed E-state index contributed by atoms with van der Waals surface area (Å²) >= 11 is 0. The van der Waals surface area contributed by atoms with Gasteiger partial charge in [0.2, 0.25) is 0 Å². The molecule has 0 saturated carbocycles. The van der Waals surface area contributed by atoms with E-state index in [2.05, 4.69) is 10.2 Å². The molecule has 0 spiro atoms. The summed E-state index contributed by atoms with van der Waals surface area (Å²) in [6.07, 6.45) is 4.69. The highest BCUT2D eigenvalue weighted by molar-refractivity contribution is 5.59. The fraction of sp³-hybridized carbons (Fsp3) is 0. The predicted molar refractivity (Wildman–Crippen MR) is 42.6 cm³/mol. The van der Waals surface area contributed by atoms with Crippen LogP contribution in [-0.2, 0) is 0 Å². The smallest absolute Gasteiger partial charge is 0.264 e. The molecule has 1 N–H and O–H groups in total. The van der Waals surface area contributed by atoms with E-state index in [1.165, 1.54) is 6.07 Å². The lowest BCUT2D eigenvalue weighted by atomic mass is 10.2. The maximum Gasteiger partial charge on any atom is 0.264 e. The first-order valence-corrected chi connectivity index (χ1v) is 3.43. The minimum atomic E-state index is -0.214. The summed E-state index contributed by atoms with van der Waals surface area (Å²) in [7, 11) is 0. The molecule has 12 heavy (non-hydrogen) atoms. The van der Waals surface area contributed by atoms with Crippen LogP contribution in [0.5, 0.6) is 0 Å². The van der Waals surface area contributed by atoms with Gasteiger partial charge in [-0.1, -0.05) is 0 Å². The van der Waals surface area contributed by atoms with E-state index in [-0.39, 0.29) is 5.56 Å². The standard InChI is InChI=1S/C8H6N2O2/c11-8-3-7(4-9-10-8)6-1-2-12-5-6/h1-5H,(H,10,11). The van der Waals surface area contributed by atoms with E-state index in [4.69, 9.17) is 4.42 Å². The highest BCUT2D eigenvalue weighted by Crippen LogP contribution is 2.15. The van der Waals surface area contributed by atoms with Crippen molar-refractivity contribution in [3.05, 3.63) is 41.2 Å². The van der Waals surface area contributed by atoms with Crippen molar-refractivity contribution in [3.8, 4) is 11.1 Å². The second-order valence-electron chi connectivity index (χ2n) is 2.35. The number of aromatic amines is 1. The van der Waals surface area contributed by atoms with Crippen molar-refractivity contribution in [1.82, 2.24) is 10.2 Å². The van der Waals surface area contributed by atoms with Gasteiger partial charge in [0.25, 0.3) is 5.56 Å². The average molecular weight is 162 g/mol. The van der Waals surface area contributed by atoms with Crippen molar-refractivity contribution in [2.45, 2.75) is 0 Å². The van der Waals surface area contributed by atoms with Gasteiger partial charge in [0.1, 0.15) is 0 Å². The van der Waals surface area contributed by atoms with Gasteiger partial charge >= 0.3 is 0 Å². The van der Waals surface area contributed by atoms with Crippen LogP contribution in [0.15, 0.2) is 40.1 Å². The molecule has 0 aromatic carbocycles. The summed E-state index contributed by atoms with van der Waals surface area (Å²) in [4.78, 5) is 10.8. The van der Waals surface area contributed by atoms with E-state index in [1.807, 2.05) is 0 Å². The SMILES string of the molecule is O=c1cc(-c2ccoc2)cn[nH]1. The molecule has 4 nitrogen and oxygen atoms in total. The lowest BCUT2D eigenvalue weighted by molar-refractivity contribution is 0.568. The van der Waals surface area contributed by atoms with Crippen LogP contribution in [-0.4, -0.2) is 10.2 Å². The molecule has 0 aliphatic rings. The molecule has 0 atom stereocenters. The van der Waals surface area contributed by atoms with Gasteiger partial charge in [-0.2, -0.15) is 5.10 Å². The third-order valence-electron chi connectivity index (χ3n) is 1.52. The van der Waals surface area contributed by atoms with Crippen LogP contribution >= 0.6 is 0 Å². The molecule has 0 aliphatic carbocycles. The van der Waals surface area contributed by atoms with Gasteiger partial charge in [-0.15, -0.1) is 0 Å². The Morgan fingerprint density at radius 2 is 2.33 bits per heavy atom. The summed E-state index contributed by atoms with van der Waals surface area (Å²) in [6, 6.07) is 3.24. The lowest BCUT2D eigenvalue weighted by Crippen LogP contribution is -2.05. The molecule has 2 aromatic heterocycles. The maximum absolute atomic E-state index is 10.8. The summed E-state index contributed by atoms with van der Waals surface area (Å²) in [5.41, 5.74) is 1.40. The number of aromatic nitrogens is 2. The van der Waals surface area contributed by atoms with E-state index in [0.717, 1.165) is 11.1 Å². The highest BCUT2D eigenvalue weighted by atomic mass is 16.3. The van der Waals surface area contributed by atoms with Crippen LogP contribution in [0.25, 0.3) is 11.1 Å². The quantitative estimate of drug-likeness (QED) is 0.681. The monoisotopic (exact) mass is 162 g/mol. The number of nitrogens with one attached hydrogen (secondary N) is 1. The molecule has 0 aliphatic heterocycles. The van der Waals surface area contributed by atoms with Crippen molar-refractivity contribution in [1.29, 1.82) is 0 Å². The van der Waals surface area contributed by atoms with Crippen LogP contribution in [0.4, 0.5) is 0 Å². The van der Waals surface area contributed by atoms with Gasteiger partial charge < -0.3 is 4.42 Å². The zero-order valence-electron chi connectivity index (χ0n) is 6.15. The Balaban J connectivity index is 2.55. The normalized spacial score (nSPS) is 10.0. The van der Waals surface area contributed by atoms with E-state index >= 15 is 0 Å². The number of H-pyrrole nitrogens is 1. The summed E-state index contributed by atoms with van der Waals surface area (Å²) < 4.78 is 4.87. The minimum absolute atomic E-state index is 0.214. The largest absolute Gasteiger partial charge is 0.472 e. The van der Waals surface area contributed by atoms with Crippen molar-refractivity contribution >= 4 is 0 Å². The molecular weight excluding hydrogens is 156 g/mol. The summed E-state index contributed by atoms with van der Waals surface area (Å²) in [6.45, 7) is 0. The zero-order valence-corrected chi connectivity index (χ0v) is 6.15. The molecule has 0 fully saturated rings. The number of nitrogens with zero attached hydrogens (tertiary/aromatic N) is 1. The van der Waals surface area contributed by atoms with Gasteiger partial charge in [0, 0.05) is 17.2 Å². The number of rotatable bonds is 1. The first-order valence-electron chi connectivity index (χ1n) is 3.43. The first-order chi connectivity index (χ1) is 5.86. The second-order valence-corrected chi connectivity index (χ2v) is 2.35. The van der Waals surface area contributed by atoms with E-state index in [1.54, 1.807) is 24.8 Å². The Bertz CT molecular complexity index is 417. The van der Waals surface area contributed by atoms with Crippen molar-refractivity contribution < 1.29 is 4.42 Å². The van der Waals surface area contributed by atoms with Gasteiger partial charge in [-0.05, 0) is 6.07 Å². The molecule has 0 amide bonds. The molecule has 0 saturated heterocycles. The topological polar surface area (TPSA) is 58.9 Å². The third kappa shape index (κ3) is 1.14. The lowest BCUT2D eigenvalue weighted by Gasteiger charge is -1.91. The number of furan rings is 1. The summed E-state index contributed by atoms with van der Waals surface area (Å²) in [5.74, 6) is 0. The van der Waals surface area contributed by atoms with Gasteiger partial charge in [0.15, 0.2) is 0 Å². The second kappa shape index (κ2) is 2.65. The molecular formula is C8H6N2O2. The average Bonchev–Trinajstić information content (AvgIpc) is 2.56. The Hall–Kier alpha value is -1.84. The molecule has 2 aromatic rings. The van der Waals surface area contributed by atoms with Crippen LogP contribution in [0.3, 0.4) is 0 Å². The molecule has 60 valence electrons. The van der Waals surface area contributed by atoms with Crippen molar-refractivity contribution in [2.75, 3.05) is 0 Å². The molecule has 0 radical (unpaired) electrons. The molecule has 4 heteroatoms. The van der Waals surface area contributed by atoms with E-state index < -0.39 is 0 Å². The zero-order chi connectivity index (χ0) is 8.39. The fourth-order valence-electron chi connectivity index (χ4n) is 0.963. The van der Waals surface area contributed by atoms with Crippen LogP contribution in [0, 0.1) is 0 Å². The fourth-order valence-corrected chi connectivity index (χ4v) is 0.963. The Morgan fingerprint density at radius 1 is 1.42 bits per heavy atom. The van der Waals surface area contributed by atoms with Gasteiger partial charge in [-0.3, -0.25) is 4.79 Å². The van der Waals surface area contributed by atoms with Crippen LogP contribution in [0.2, 0.25) is 0 Å².